The molecule has 1 N–H and O–H groups in total. The second-order valence-electron chi connectivity index (χ2n) is 6.08. The van der Waals surface area contributed by atoms with E-state index in [0.717, 1.165) is 31.3 Å². The Hall–Kier alpha value is -1.68. The third kappa shape index (κ3) is 2.75. The molecule has 0 bridgehead atoms. The molecule has 0 unspecified atom stereocenters. The molecule has 1 aliphatic rings. The van der Waals surface area contributed by atoms with Crippen LogP contribution >= 0.6 is 0 Å². The Bertz CT molecular complexity index is 563. The van der Waals surface area contributed by atoms with E-state index in [1.165, 1.54) is 18.4 Å². The van der Waals surface area contributed by atoms with Crippen molar-refractivity contribution in [3.63, 3.8) is 0 Å². The van der Waals surface area contributed by atoms with E-state index in [2.05, 4.69) is 57.3 Å². The molecule has 106 valence electrons. The molecular formula is C16H22N4. The lowest BCUT2D eigenvalue weighted by Crippen LogP contribution is -2.44. The topological polar surface area (TPSA) is 44.8 Å². The second-order valence-corrected chi connectivity index (χ2v) is 6.08. The zero-order chi connectivity index (χ0) is 14.0. The van der Waals surface area contributed by atoms with E-state index in [1.807, 2.05) is 6.92 Å². The molecule has 1 atom stereocenters. The van der Waals surface area contributed by atoms with Gasteiger partial charge in [0, 0.05) is 12.0 Å². The minimum Gasteiger partial charge on any atom is -0.295 e. The van der Waals surface area contributed by atoms with Crippen molar-refractivity contribution in [1.29, 1.82) is 0 Å². The summed E-state index contributed by atoms with van der Waals surface area (Å²) in [7, 11) is 0. The molecule has 1 aromatic carbocycles. The molecule has 20 heavy (non-hydrogen) atoms. The van der Waals surface area contributed by atoms with Crippen LogP contribution in [-0.2, 0) is 12.0 Å². The molecule has 0 radical (unpaired) electrons. The smallest absolute Gasteiger partial charge is 0.164 e. The number of rotatable bonds is 3. The summed E-state index contributed by atoms with van der Waals surface area (Å²) >= 11 is 0. The van der Waals surface area contributed by atoms with Crippen LogP contribution in [0, 0.1) is 6.92 Å². The molecule has 2 aromatic rings. The van der Waals surface area contributed by atoms with Gasteiger partial charge in [-0.15, -0.1) is 0 Å². The predicted molar refractivity (Wildman–Crippen MR) is 79.4 cm³/mol. The molecule has 2 heterocycles. The minimum absolute atomic E-state index is 0.241. The highest BCUT2D eigenvalue weighted by Gasteiger charge is 2.32. The Labute approximate surface area is 120 Å². The summed E-state index contributed by atoms with van der Waals surface area (Å²) < 4.78 is 0. The largest absolute Gasteiger partial charge is 0.295 e. The van der Waals surface area contributed by atoms with Gasteiger partial charge in [0.25, 0.3) is 0 Å². The van der Waals surface area contributed by atoms with Crippen LogP contribution in [0.15, 0.2) is 30.3 Å². The lowest BCUT2D eigenvalue weighted by atomic mass is 9.76. The van der Waals surface area contributed by atoms with E-state index in [-0.39, 0.29) is 5.41 Å². The van der Waals surface area contributed by atoms with Gasteiger partial charge in [-0.2, -0.15) is 5.10 Å². The van der Waals surface area contributed by atoms with Crippen molar-refractivity contribution in [3.05, 3.63) is 47.5 Å². The first-order valence-corrected chi connectivity index (χ1v) is 7.31. The number of likely N-dealkylation sites (tertiary alicyclic amines) is 1. The Balaban J connectivity index is 1.73. The second kappa shape index (κ2) is 5.37. The van der Waals surface area contributed by atoms with Gasteiger partial charge in [-0.25, -0.2) is 4.98 Å². The fourth-order valence-corrected chi connectivity index (χ4v) is 3.22. The zero-order valence-corrected chi connectivity index (χ0v) is 12.3. The quantitative estimate of drug-likeness (QED) is 0.932. The molecule has 4 nitrogen and oxygen atoms in total. The lowest BCUT2D eigenvalue weighted by molar-refractivity contribution is 0.147. The van der Waals surface area contributed by atoms with Crippen molar-refractivity contribution < 1.29 is 0 Å². The van der Waals surface area contributed by atoms with Crippen molar-refractivity contribution in [2.45, 2.75) is 38.6 Å². The fraction of sp³-hybridized carbons (Fsp3) is 0.500. The fourth-order valence-electron chi connectivity index (χ4n) is 3.22. The molecule has 4 heteroatoms. The number of hydrogen-bond acceptors (Lipinski definition) is 3. The van der Waals surface area contributed by atoms with Gasteiger partial charge in [-0.3, -0.25) is 10.00 Å². The summed E-state index contributed by atoms with van der Waals surface area (Å²) in [5, 5.41) is 7.18. The van der Waals surface area contributed by atoms with Crippen molar-refractivity contribution in [3.8, 4) is 0 Å². The molecule has 0 saturated carbocycles. The van der Waals surface area contributed by atoms with Gasteiger partial charge in [0.15, 0.2) is 5.82 Å². The van der Waals surface area contributed by atoms with E-state index in [1.54, 1.807) is 0 Å². The van der Waals surface area contributed by atoms with Crippen LogP contribution in [0.25, 0.3) is 0 Å². The monoisotopic (exact) mass is 270 g/mol. The number of aromatic nitrogens is 3. The molecule has 1 aliphatic heterocycles. The summed E-state index contributed by atoms with van der Waals surface area (Å²) in [6.45, 7) is 7.37. The van der Waals surface area contributed by atoms with Crippen LogP contribution < -0.4 is 0 Å². The molecular weight excluding hydrogens is 248 g/mol. The van der Waals surface area contributed by atoms with Gasteiger partial charge in [-0.1, -0.05) is 37.3 Å². The maximum Gasteiger partial charge on any atom is 0.164 e. The SMILES string of the molecule is Cc1nc(CN2CCC[C@](C)(c3ccccc3)C2)n[nH]1. The Morgan fingerprint density at radius 2 is 2.10 bits per heavy atom. The Morgan fingerprint density at radius 3 is 2.80 bits per heavy atom. The van der Waals surface area contributed by atoms with Crippen molar-refractivity contribution in [1.82, 2.24) is 20.1 Å². The van der Waals surface area contributed by atoms with Crippen LogP contribution in [0.3, 0.4) is 0 Å². The van der Waals surface area contributed by atoms with Gasteiger partial charge >= 0.3 is 0 Å². The first-order valence-electron chi connectivity index (χ1n) is 7.31. The van der Waals surface area contributed by atoms with Gasteiger partial charge < -0.3 is 0 Å². The van der Waals surface area contributed by atoms with Gasteiger partial charge in [0.2, 0.25) is 0 Å². The first kappa shape index (κ1) is 13.3. The number of H-pyrrole nitrogens is 1. The Kier molecular flexibility index (Phi) is 3.57. The first-order chi connectivity index (χ1) is 9.66. The minimum atomic E-state index is 0.241. The summed E-state index contributed by atoms with van der Waals surface area (Å²) in [5.74, 6) is 1.79. The summed E-state index contributed by atoms with van der Waals surface area (Å²) in [5.41, 5.74) is 1.68. The van der Waals surface area contributed by atoms with E-state index in [4.69, 9.17) is 0 Å². The average Bonchev–Trinajstić information content (AvgIpc) is 2.85. The van der Waals surface area contributed by atoms with E-state index in [9.17, 15) is 0 Å². The number of nitrogens with one attached hydrogen (secondary N) is 1. The Morgan fingerprint density at radius 1 is 1.30 bits per heavy atom. The molecule has 3 rings (SSSR count). The normalized spacial score (nSPS) is 23.9. The average molecular weight is 270 g/mol. The molecule has 1 fully saturated rings. The molecule has 1 saturated heterocycles. The van der Waals surface area contributed by atoms with Crippen LogP contribution in [0.5, 0.6) is 0 Å². The molecule has 0 aliphatic carbocycles. The summed E-state index contributed by atoms with van der Waals surface area (Å²) in [6, 6.07) is 10.9. The van der Waals surface area contributed by atoms with Crippen LogP contribution in [-0.4, -0.2) is 33.2 Å². The predicted octanol–water partition coefficient (Wildman–Crippen LogP) is 2.67. The third-order valence-electron chi connectivity index (χ3n) is 4.25. The van der Waals surface area contributed by atoms with Crippen LogP contribution in [0.4, 0.5) is 0 Å². The summed E-state index contributed by atoms with van der Waals surface area (Å²) in [4.78, 5) is 6.89. The van der Waals surface area contributed by atoms with E-state index >= 15 is 0 Å². The highest BCUT2D eigenvalue weighted by molar-refractivity contribution is 5.25. The molecule has 0 amide bonds. The van der Waals surface area contributed by atoms with Crippen LogP contribution in [0.2, 0.25) is 0 Å². The van der Waals surface area contributed by atoms with E-state index in [0.29, 0.717) is 0 Å². The van der Waals surface area contributed by atoms with Crippen LogP contribution in [0.1, 0.15) is 37.0 Å². The highest BCUT2D eigenvalue weighted by atomic mass is 15.2. The third-order valence-corrected chi connectivity index (χ3v) is 4.25. The number of aromatic amines is 1. The lowest BCUT2D eigenvalue weighted by Gasteiger charge is -2.40. The van der Waals surface area contributed by atoms with Gasteiger partial charge in [-0.05, 0) is 31.9 Å². The maximum absolute atomic E-state index is 4.42. The number of nitrogens with zero attached hydrogens (tertiary/aromatic N) is 3. The number of hydrogen-bond donors (Lipinski definition) is 1. The number of benzene rings is 1. The van der Waals surface area contributed by atoms with E-state index < -0.39 is 0 Å². The van der Waals surface area contributed by atoms with Gasteiger partial charge in [0.05, 0.1) is 6.54 Å². The molecule has 0 spiro atoms. The van der Waals surface area contributed by atoms with Crippen molar-refractivity contribution in [2.75, 3.05) is 13.1 Å². The van der Waals surface area contributed by atoms with Gasteiger partial charge in [0.1, 0.15) is 5.82 Å². The highest BCUT2D eigenvalue weighted by Crippen LogP contribution is 2.33. The number of aryl methyl sites for hydroxylation is 1. The van der Waals surface area contributed by atoms with Crippen molar-refractivity contribution in [2.24, 2.45) is 0 Å². The maximum atomic E-state index is 4.42. The number of piperidine rings is 1. The van der Waals surface area contributed by atoms with Crippen molar-refractivity contribution >= 4 is 0 Å². The standard InChI is InChI=1S/C16H22N4/c1-13-17-15(19-18-13)11-20-10-6-9-16(2,12-20)14-7-4-3-5-8-14/h3-5,7-8H,6,9-12H2,1-2H3,(H,17,18,19)/t16-/m0/s1. The molecule has 1 aromatic heterocycles. The summed E-state index contributed by atoms with van der Waals surface area (Å²) in [6.07, 6.45) is 2.48. The zero-order valence-electron chi connectivity index (χ0n) is 12.3.